The molecule has 0 bridgehead atoms. The fraction of sp³-hybridized carbons (Fsp3) is 0.474. The van der Waals surface area contributed by atoms with Crippen LogP contribution in [0.1, 0.15) is 43.7 Å². The first-order valence-electron chi connectivity index (χ1n) is 8.68. The van der Waals surface area contributed by atoms with Gasteiger partial charge in [0.15, 0.2) is 0 Å². The van der Waals surface area contributed by atoms with Crippen molar-refractivity contribution in [3.8, 4) is 0 Å². The molecule has 4 rings (SSSR count). The third-order valence-electron chi connectivity index (χ3n) is 5.47. The molecule has 1 aliphatic heterocycles. The van der Waals surface area contributed by atoms with E-state index in [1.165, 1.54) is 16.5 Å². The predicted molar refractivity (Wildman–Crippen MR) is 93.2 cm³/mol. The van der Waals surface area contributed by atoms with Gasteiger partial charge in [0.25, 0.3) is 0 Å². The van der Waals surface area contributed by atoms with Gasteiger partial charge in [-0.1, -0.05) is 37.6 Å². The van der Waals surface area contributed by atoms with E-state index in [4.69, 9.17) is 0 Å². The van der Waals surface area contributed by atoms with Crippen LogP contribution in [0.15, 0.2) is 35.2 Å². The highest BCUT2D eigenvalue weighted by Gasteiger charge is 2.34. The average molecular weight is 329 g/mol. The van der Waals surface area contributed by atoms with Crippen molar-refractivity contribution in [3.05, 3.63) is 41.5 Å². The number of benzene rings is 2. The number of sulfonamides is 1. The Morgan fingerprint density at radius 2 is 1.87 bits per heavy atom. The topological polar surface area (TPSA) is 37.4 Å². The Hall–Kier alpha value is -1.39. The molecule has 1 heterocycles. The Balaban J connectivity index is 1.89. The summed E-state index contributed by atoms with van der Waals surface area (Å²) in [6.07, 6.45) is 6.03. The lowest BCUT2D eigenvalue weighted by molar-refractivity contribution is 0.247. The summed E-state index contributed by atoms with van der Waals surface area (Å²) in [5.74, 6) is 0. The van der Waals surface area contributed by atoms with Gasteiger partial charge in [0.1, 0.15) is 0 Å². The lowest BCUT2D eigenvalue weighted by Crippen LogP contribution is -2.43. The molecule has 4 heteroatoms. The van der Waals surface area contributed by atoms with Crippen molar-refractivity contribution in [2.24, 2.45) is 0 Å². The molecule has 1 atom stereocenters. The number of nitrogens with zero attached hydrogens (tertiary/aromatic N) is 1. The fourth-order valence-corrected chi connectivity index (χ4v) is 6.23. The Kier molecular flexibility index (Phi) is 3.69. The zero-order valence-electron chi connectivity index (χ0n) is 13.6. The van der Waals surface area contributed by atoms with Gasteiger partial charge in [0.05, 0.1) is 4.90 Å². The van der Waals surface area contributed by atoms with Gasteiger partial charge in [-0.2, -0.15) is 4.31 Å². The normalized spacial score (nSPS) is 21.9. The lowest BCUT2D eigenvalue weighted by Gasteiger charge is -2.34. The predicted octanol–water partition coefficient (Wildman–Crippen LogP) is 3.89. The monoisotopic (exact) mass is 329 g/mol. The minimum Gasteiger partial charge on any atom is -0.207 e. The first kappa shape index (κ1) is 15.2. The summed E-state index contributed by atoms with van der Waals surface area (Å²) in [5.41, 5.74) is 2.58. The summed E-state index contributed by atoms with van der Waals surface area (Å²) in [6.45, 7) is 2.75. The van der Waals surface area contributed by atoms with Gasteiger partial charge >= 0.3 is 0 Å². The summed E-state index contributed by atoms with van der Waals surface area (Å²) in [6, 6.07) is 10.1. The van der Waals surface area contributed by atoms with Crippen LogP contribution in [0.5, 0.6) is 0 Å². The molecular formula is C19H23NO2S. The molecule has 1 saturated heterocycles. The van der Waals surface area contributed by atoms with Crippen molar-refractivity contribution >= 4 is 20.8 Å². The van der Waals surface area contributed by atoms with E-state index in [0.29, 0.717) is 11.4 Å². The number of aryl methyl sites for hydroxylation is 2. The van der Waals surface area contributed by atoms with Crippen LogP contribution in [0, 0.1) is 0 Å². The molecule has 3 nitrogen and oxygen atoms in total. The number of piperidine rings is 1. The van der Waals surface area contributed by atoms with E-state index in [9.17, 15) is 8.42 Å². The van der Waals surface area contributed by atoms with E-state index in [1.807, 2.05) is 24.3 Å². The largest absolute Gasteiger partial charge is 0.243 e. The average Bonchev–Trinajstić information content (AvgIpc) is 3.00. The van der Waals surface area contributed by atoms with Crippen molar-refractivity contribution in [1.82, 2.24) is 4.31 Å². The van der Waals surface area contributed by atoms with Crippen molar-refractivity contribution in [2.45, 2.75) is 56.4 Å². The van der Waals surface area contributed by atoms with Gasteiger partial charge in [-0.15, -0.1) is 0 Å². The van der Waals surface area contributed by atoms with Crippen LogP contribution in [0.25, 0.3) is 10.8 Å². The Morgan fingerprint density at radius 3 is 2.65 bits per heavy atom. The van der Waals surface area contributed by atoms with Crippen LogP contribution in [0.3, 0.4) is 0 Å². The highest BCUT2D eigenvalue weighted by Crippen LogP contribution is 2.37. The molecular weight excluding hydrogens is 306 g/mol. The summed E-state index contributed by atoms with van der Waals surface area (Å²) in [4.78, 5) is 0.500. The standard InChI is InChI=1S/C19H23NO2S/c1-2-16-7-3-4-13-20(16)23(21,22)18-12-11-15-10-9-14-6-5-8-17(18)19(14)15/h5-6,8,11-12,16H,2-4,7,9-10,13H2,1H3/t16-/m1/s1. The smallest absolute Gasteiger partial charge is 0.207 e. The minimum atomic E-state index is -3.42. The molecule has 2 aliphatic rings. The molecule has 0 spiro atoms. The summed E-state index contributed by atoms with van der Waals surface area (Å²) in [5, 5.41) is 2.09. The van der Waals surface area contributed by atoms with Crippen molar-refractivity contribution in [3.63, 3.8) is 0 Å². The van der Waals surface area contributed by atoms with Crippen LogP contribution >= 0.6 is 0 Å². The van der Waals surface area contributed by atoms with Crippen LogP contribution in [-0.2, 0) is 22.9 Å². The van der Waals surface area contributed by atoms with Crippen molar-refractivity contribution in [1.29, 1.82) is 0 Å². The Morgan fingerprint density at radius 1 is 1.09 bits per heavy atom. The molecule has 1 aliphatic carbocycles. The van der Waals surface area contributed by atoms with E-state index in [-0.39, 0.29) is 6.04 Å². The number of hydrogen-bond acceptors (Lipinski definition) is 2. The van der Waals surface area contributed by atoms with E-state index in [1.54, 1.807) is 4.31 Å². The van der Waals surface area contributed by atoms with E-state index in [2.05, 4.69) is 13.0 Å². The summed E-state index contributed by atoms with van der Waals surface area (Å²) in [7, 11) is -3.42. The maximum absolute atomic E-state index is 13.3. The quantitative estimate of drug-likeness (QED) is 0.856. The third kappa shape index (κ3) is 2.31. The second-order valence-corrected chi connectivity index (χ2v) is 8.60. The van der Waals surface area contributed by atoms with Crippen LogP contribution in [0.4, 0.5) is 0 Å². The van der Waals surface area contributed by atoms with Gasteiger partial charge in [-0.25, -0.2) is 8.42 Å². The van der Waals surface area contributed by atoms with Gasteiger partial charge in [0.2, 0.25) is 10.0 Å². The first-order valence-corrected chi connectivity index (χ1v) is 10.1. The second kappa shape index (κ2) is 5.60. The molecule has 0 N–H and O–H groups in total. The van der Waals surface area contributed by atoms with E-state index < -0.39 is 10.0 Å². The lowest BCUT2D eigenvalue weighted by atomic mass is 10.0. The maximum atomic E-state index is 13.3. The zero-order valence-corrected chi connectivity index (χ0v) is 14.4. The van der Waals surface area contributed by atoms with E-state index in [0.717, 1.165) is 43.9 Å². The fourth-order valence-electron chi connectivity index (χ4n) is 4.27. The van der Waals surface area contributed by atoms with Crippen molar-refractivity contribution in [2.75, 3.05) is 6.54 Å². The summed E-state index contributed by atoms with van der Waals surface area (Å²) < 4.78 is 28.4. The summed E-state index contributed by atoms with van der Waals surface area (Å²) >= 11 is 0. The van der Waals surface area contributed by atoms with Gasteiger partial charge in [-0.05, 0) is 54.7 Å². The van der Waals surface area contributed by atoms with Gasteiger partial charge in [0, 0.05) is 18.0 Å². The third-order valence-corrected chi connectivity index (χ3v) is 7.48. The molecule has 2 aromatic carbocycles. The van der Waals surface area contributed by atoms with Crippen molar-refractivity contribution < 1.29 is 8.42 Å². The van der Waals surface area contributed by atoms with E-state index >= 15 is 0 Å². The second-order valence-electron chi connectivity index (χ2n) is 6.74. The maximum Gasteiger partial charge on any atom is 0.243 e. The highest BCUT2D eigenvalue weighted by atomic mass is 32.2. The Labute approximate surface area is 138 Å². The van der Waals surface area contributed by atoms with Crippen LogP contribution in [0.2, 0.25) is 0 Å². The SMILES string of the molecule is CC[C@@H]1CCCCN1S(=O)(=O)c1ccc2c3c(cccc13)CC2. The van der Waals surface area contributed by atoms with Crippen LogP contribution in [-0.4, -0.2) is 25.3 Å². The molecule has 0 unspecified atom stereocenters. The molecule has 0 saturated carbocycles. The molecule has 0 radical (unpaired) electrons. The first-order chi connectivity index (χ1) is 11.1. The number of rotatable bonds is 3. The molecule has 0 aromatic heterocycles. The Bertz CT molecular complexity index is 847. The molecule has 122 valence electrons. The zero-order chi connectivity index (χ0) is 16.0. The molecule has 0 amide bonds. The van der Waals surface area contributed by atoms with Crippen LogP contribution < -0.4 is 0 Å². The number of hydrogen-bond donors (Lipinski definition) is 0. The van der Waals surface area contributed by atoms with Gasteiger partial charge < -0.3 is 0 Å². The molecule has 2 aromatic rings. The highest BCUT2D eigenvalue weighted by molar-refractivity contribution is 7.89. The molecule has 23 heavy (non-hydrogen) atoms. The molecule has 1 fully saturated rings. The minimum absolute atomic E-state index is 0.150. The van der Waals surface area contributed by atoms with Gasteiger partial charge in [-0.3, -0.25) is 0 Å².